The van der Waals surface area contributed by atoms with Crippen LogP contribution in [0.3, 0.4) is 0 Å². The standard InChI is InChI=1S/C25H19N5/c1-25(2,15-26)19-6-8-20(9-7-19)30-16-29-23-14-28-22-10-5-17(12-21(22)24(23)30)18-4-3-11-27-13-18/h3-14,16H,1-2H3. The Morgan fingerprint density at radius 2 is 1.73 bits per heavy atom. The van der Waals surface area contributed by atoms with E-state index in [1.165, 1.54) is 0 Å². The third-order valence-electron chi connectivity index (χ3n) is 5.51. The molecule has 144 valence electrons. The zero-order valence-corrected chi connectivity index (χ0v) is 16.7. The summed E-state index contributed by atoms with van der Waals surface area (Å²) in [5.41, 5.74) is 6.38. The molecule has 3 aromatic heterocycles. The van der Waals surface area contributed by atoms with Crippen LogP contribution in [0.4, 0.5) is 0 Å². The average Bonchev–Trinajstić information content (AvgIpc) is 3.24. The van der Waals surface area contributed by atoms with Gasteiger partial charge in [0, 0.05) is 29.0 Å². The maximum Gasteiger partial charge on any atom is 0.108 e. The summed E-state index contributed by atoms with van der Waals surface area (Å²) in [5, 5.41) is 10.4. The van der Waals surface area contributed by atoms with Crippen molar-refractivity contribution in [1.29, 1.82) is 5.26 Å². The van der Waals surface area contributed by atoms with Crippen LogP contribution in [0.5, 0.6) is 0 Å². The fourth-order valence-corrected chi connectivity index (χ4v) is 3.71. The molecule has 0 aliphatic rings. The number of nitriles is 1. The fourth-order valence-electron chi connectivity index (χ4n) is 3.71. The highest BCUT2D eigenvalue weighted by Crippen LogP contribution is 2.30. The van der Waals surface area contributed by atoms with Crippen molar-refractivity contribution in [1.82, 2.24) is 19.5 Å². The first kappa shape index (κ1) is 18.0. The molecule has 0 aliphatic heterocycles. The second-order valence-electron chi connectivity index (χ2n) is 7.86. The van der Waals surface area contributed by atoms with Gasteiger partial charge in [-0.2, -0.15) is 5.26 Å². The van der Waals surface area contributed by atoms with Crippen LogP contribution in [0.1, 0.15) is 19.4 Å². The van der Waals surface area contributed by atoms with Gasteiger partial charge in [-0.15, -0.1) is 0 Å². The number of imidazole rings is 1. The van der Waals surface area contributed by atoms with E-state index in [0.717, 1.165) is 44.3 Å². The van der Waals surface area contributed by atoms with Gasteiger partial charge in [-0.25, -0.2) is 4.98 Å². The van der Waals surface area contributed by atoms with Crippen LogP contribution in [-0.2, 0) is 5.41 Å². The molecule has 0 saturated carbocycles. The van der Waals surface area contributed by atoms with Crippen LogP contribution >= 0.6 is 0 Å². The van der Waals surface area contributed by atoms with E-state index in [2.05, 4.69) is 43.8 Å². The molecular weight excluding hydrogens is 370 g/mol. The van der Waals surface area contributed by atoms with Crippen molar-refractivity contribution in [2.24, 2.45) is 0 Å². The molecule has 5 aromatic rings. The quantitative estimate of drug-likeness (QED) is 0.412. The number of hydrogen-bond donors (Lipinski definition) is 0. The first-order valence-corrected chi connectivity index (χ1v) is 9.75. The number of benzene rings is 2. The van der Waals surface area contributed by atoms with Crippen LogP contribution in [0.15, 0.2) is 79.5 Å². The van der Waals surface area contributed by atoms with Crippen molar-refractivity contribution in [3.05, 3.63) is 85.1 Å². The van der Waals surface area contributed by atoms with E-state index in [-0.39, 0.29) is 0 Å². The Labute approximate surface area is 174 Å². The van der Waals surface area contributed by atoms with E-state index in [0.29, 0.717) is 0 Å². The maximum absolute atomic E-state index is 9.40. The van der Waals surface area contributed by atoms with Gasteiger partial charge >= 0.3 is 0 Å². The zero-order valence-electron chi connectivity index (χ0n) is 16.7. The van der Waals surface area contributed by atoms with E-state index in [1.54, 1.807) is 6.20 Å². The third-order valence-corrected chi connectivity index (χ3v) is 5.51. The first-order valence-electron chi connectivity index (χ1n) is 9.75. The Bertz CT molecular complexity index is 1410. The van der Waals surface area contributed by atoms with Gasteiger partial charge < -0.3 is 0 Å². The lowest BCUT2D eigenvalue weighted by Crippen LogP contribution is -2.13. The number of hydrogen-bond acceptors (Lipinski definition) is 4. The van der Waals surface area contributed by atoms with E-state index in [4.69, 9.17) is 0 Å². The minimum absolute atomic E-state index is 0.523. The molecule has 5 heteroatoms. The van der Waals surface area contributed by atoms with Gasteiger partial charge in [-0.3, -0.25) is 14.5 Å². The van der Waals surface area contributed by atoms with Gasteiger partial charge in [0.15, 0.2) is 0 Å². The normalized spacial score (nSPS) is 11.6. The molecule has 3 heterocycles. The molecule has 0 fully saturated rings. The largest absolute Gasteiger partial charge is 0.298 e. The number of fused-ring (bicyclic) bond motifs is 3. The molecule has 0 aliphatic carbocycles. The third kappa shape index (κ3) is 2.90. The molecule has 5 rings (SSSR count). The number of rotatable bonds is 3. The summed E-state index contributed by atoms with van der Waals surface area (Å²) >= 11 is 0. The highest BCUT2D eigenvalue weighted by molar-refractivity contribution is 6.04. The number of pyridine rings is 2. The van der Waals surface area contributed by atoms with Crippen LogP contribution in [0, 0.1) is 11.3 Å². The lowest BCUT2D eigenvalue weighted by atomic mass is 9.86. The first-order chi connectivity index (χ1) is 14.6. The number of aromatic nitrogens is 4. The zero-order chi connectivity index (χ0) is 20.7. The predicted octanol–water partition coefficient (Wildman–Crippen LogP) is 5.44. The second kappa shape index (κ2) is 6.78. The van der Waals surface area contributed by atoms with Crippen LogP contribution in [0.25, 0.3) is 38.8 Å². The molecule has 0 saturated heterocycles. The lowest BCUT2D eigenvalue weighted by Gasteiger charge is -2.16. The van der Waals surface area contributed by atoms with Gasteiger partial charge in [0.25, 0.3) is 0 Å². The molecule has 0 bridgehead atoms. The van der Waals surface area contributed by atoms with Crippen molar-refractivity contribution >= 4 is 21.9 Å². The van der Waals surface area contributed by atoms with Gasteiger partial charge in [0.1, 0.15) is 11.8 Å². The smallest absolute Gasteiger partial charge is 0.108 e. The predicted molar refractivity (Wildman–Crippen MR) is 118 cm³/mol. The maximum atomic E-state index is 9.40. The Kier molecular flexibility index (Phi) is 4.07. The van der Waals surface area contributed by atoms with Crippen molar-refractivity contribution < 1.29 is 0 Å². The van der Waals surface area contributed by atoms with Crippen molar-refractivity contribution in [3.8, 4) is 22.9 Å². The monoisotopic (exact) mass is 389 g/mol. The van der Waals surface area contributed by atoms with Crippen LogP contribution < -0.4 is 0 Å². The highest BCUT2D eigenvalue weighted by Gasteiger charge is 2.19. The molecule has 0 spiro atoms. The minimum Gasteiger partial charge on any atom is -0.298 e. The summed E-state index contributed by atoms with van der Waals surface area (Å²) in [6, 6.07) is 20.7. The van der Waals surface area contributed by atoms with Gasteiger partial charge in [0.2, 0.25) is 0 Å². The lowest BCUT2D eigenvalue weighted by molar-refractivity contribution is 0.686. The molecule has 0 radical (unpaired) electrons. The summed E-state index contributed by atoms with van der Waals surface area (Å²) in [4.78, 5) is 13.4. The summed E-state index contributed by atoms with van der Waals surface area (Å²) in [5.74, 6) is 0. The molecule has 2 aromatic carbocycles. The van der Waals surface area contributed by atoms with Crippen LogP contribution in [0.2, 0.25) is 0 Å². The summed E-state index contributed by atoms with van der Waals surface area (Å²) in [6.07, 6.45) is 7.27. The van der Waals surface area contributed by atoms with Crippen molar-refractivity contribution in [2.75, 3.05) is 0 Å². The molecule has 0 N–H and O–H groups in total. The summed E-state index contributed by atoms with van der Waals surface area (Å²) in [7, 11) is 0. The Balaban J connectivity index is 1.70. The molecule has 30 heavy (non-hydrogen) atoms. The van der Waals surface area contributed by atoms with E-state index in [1.807, 2.05) is 69.0 Å². The molecule has 0 unspecified atom stereocenters. The van der Waals surface area contributed by atoms with E-state index >= 15 is 0 Å². The highest BCUT2D eigenvalue weighted by atomic mass is 15.1. The fraction of sp³-hybridized carbons (Fsp3) is 0.120. The molecule has 5 nitrogen and oxygen atoms in total. The molecule has 0 atom stereocenters. The Morgan fingerprint density at radius 1 is 0.900 bits per heavy atom. The SMILES string of the molecule is CC(C)(C#N)c1ccc(-n2cnc3cnc4ccc(-c5cccnc5)cc4c32)cc1. The van der Waals surface area contributed by atoms with Crippen molar-refractivity contribution in [2.45, 2.75) is 19.3 Å². The van der Waals surface area contributed by atoms with Gasteiger partial charge in [-0.1, -0.05) is 24.3 Å². The Hall–Kier alpha value is -4.04. The second-order valence-corrected chi connectivity index (χ2v) is 7.86. The molecular formula is C25H19N5. The van der Waals surface area contributed by atoms with Crippen LogP contribution in [-0.4, -0.2) is 19.5 Å². The topological polar surface area (TPSA) is 67.4 Å². The van der Waals surface area contributed by atoms with E-state index < -0.39 is 5.41 Å². The number of nitrogens with zero attached hydrogens (tertiary/aromatic N) is 5. The summed E-state index contributed by atoms with van der Waals surface area (Å²) < 4.78 is 2.08. The van der Waals surface area contributed by atoms with Gasteiger partial charge in [-0.05, 0) is 55.3 Å². The average molecular weight is 389 g/mol. The summed E-state index contributed by atoms with van der Waals surface area (Å²) in [6.45, 7) is 3.85. The Morgan fingerprint density at radius 3 is 2.47 bits per heavy atom. The van der Waals surface area contributed by atoms with Gasteiger partial charge in [0.05, 0.1) is 28.7 Å². The molecule has 0 amide bonds. The minimum atomic E-state index is -0.523. The van der Waals surface area contributed by atoms with E-state index in [9.17, 15) is 5.26 Å². The van der Waals surface area contributed by atoms with Crippen molar-refractivity contribution in [3.63, 3.8) is 0 Å².